The Bertz CT molecular complexity index is 516. The van der Waals surface area contributed by atoms with Crippen molar-refractivity contribution in [2.75, 3.05) is 5.32 Å². The van der Waals surface area contributed by atoms with E-state index in [0.717, 1.165) is 0 Å². The summed E-state index contributed by atoms with van der Waals surface area (Å²) >= 11 is 5.79. The minimum absolute atomic E-state index is 0.0237. The number of Topliss-reactive ketones (excluding diaryl/α,β-unsaturated/α-hetero) is 1. The van der Waals surface area contributed by atoms with E-state index in [2.05, 4.69) is 5.32 Å². The number of nitrogens with one attached hydrogen (secondary N) is 1. The van der Waals surface area contributed by atoms with E-state index in [4.69, 9.17) is 16.3 Å². The van der Waals surface area contributed by atoms with Gasteiger partial charge in [0.1, 0.15) is 5.78 Å². The van der Waals surface area contributed by atoms with E-state index >= 15 is 0 Å². The maximum absolute atomic E-state index is 11.8. The molecule has 0 aromatic heterocycles. The number of amides is 1. The third kappa shape index (κ3) is 5.84. The summed E-state index contributed by atoms with van der Waals surface area (Å²) in [7, 11) is 0. The summed E-state index contributed by atoms with van der Waals surface area (Å²) < 4.78 is 4.93. The number of carbonyl (C=O) groups is 3. The number of carbonyl (C=O) groups excluding carboxylic acids is 3. The van der Waals surface area contributed by atoms with Gasteiger partial charge in [-0.05, 0) is 32.0 Å². The van der Waals surface area contributed by atoms with E-state index in [9.17, 15) is 14.4 Å². The lowest BCUT2D eigenvalue weighted by Gasteiger charge is -2.13. The van der Waals surface area contributed by atoms with Gasteiger partial charge >= 0.3 is 5.97 Å². The Morgan fingerprint density at radius 3 is 2.60 bits per heavy atom. The van der Waals surface area contributed by atoms with E-state index in [-0.39, 0.29) is 18.6 Å². The Kier molecular flexibility index (Phi) is 6.18. The summed E-state index contributed by atoms with van der Waals surface area (Å²) in [5.74, 6) is -1.13. The zero-order valence-electron chi connectivity index (χ0n) is 11.3. The van der Waals surface area contributed by atoms with Crippen molar-refractivity contribution in [1.29, 1.82) is 0 Å². The second-order valence-corrected chi connectivity index (χ2v) is 4.77. The summed E-state index contributed by atoms with van der Waals surface area (Å²) in [5, 5.41) is 3.08. The Balaban J connectivity index is 2.46. The van der Waals surface area contributed by atoms with Gasteiger partial charge in [0.2, 0.25) is 0 Å². The van der Waals surface area contributed by atoms with Crippen molar-refractivity contribution in [2.24, 2.45) is 0 Å². The minimum Gasteiger partial charge on any atom is -0.453 e. The van der Waals surface area contributed by atoms with Crippen molar-refractivity contribution in [3.63, 3.8) is 0 Å². The lowest BCUT2D eigenvalue weighted by atomic mass is 10.2. The predicted octanol–water partition coefficient (Wildman–Crippen LogP) is 2.58. The maximum atomic E-state index is 11.8. The van der Waals surface area contributed by atoms with E-state index in [1.807, 2.05) is 0 Å². The topological polar surface area (TPSA) is 72.5 Å². The number of hydrogen-bond acceptors (Lipinski definition) is 4. The second-order valence-electron chi connectivity index (χ2n) is 4.33. The highest BCUT2D eigenvalue weighted by atomic mass is 35.5. The Labute approximate surface area is 122 Å². The van der Waals surface area contributed by atoms with Crippen LogP contribution in [-0.4, -0.2) is 23.8 Å². The smallest absolute Gasteiger partial charge is 0.307 e. The van der Waals surface area contributed by atoms with Gasteiger partial charge in [-0.25, -0.2) is 0 Å². The zero-order valence-corrected chi connectivity index (χ0v) is 12.1. The largest absolute Gasteiger partial charge is 0.453 e. The fourth-order valence-electron chi connectivity index (χ4n) is 1.40. The van der Waals surface area contributed by atoms with E-state index < -0.39 is 18.0 Å². The lowest BCUT2D eigenvalue weighted by Crippen LogP contribution is -2.30. The zero-order chi connectivity index (χ0) is 15.1. The van der Waals surface area contributed by atoms with Gasteiger partial charge < -0.3 is 14.8 Å². The molecule has 0 unspecified atom stereocenters. The van der Waals surface area contributed by atoms with Gasteiger partial charge in [-0.2, -0.15) is 0 Å². The normalized spacial score (nSPS) is 11.6. The van der Waals surface area contributed by atoms with Crippen LogP contribution in [0.1, 0.15) is 26.7 Å². The van der Waals surface area contributed by atoms with E-state index in [0.29, 0.717) is 10.7 Å². The van der Waals surface area contributed by atoms with Crippen LogP contribution in [0.3, 0.4) is 0 Å². The van der Waals surface area contributed by atoms with Crippen LogP contribution in [0, 0.1) is 0 Å². The third-order valence-corrected chi connectivity index (χ3v) is 2.69. The Hall–Kier alpha value is -1.88. The molecule has 1 amide bonds. The van der Waals surface area contributed by atoms with Gasteiger partial charge in [-0.1, -0.05) is 17.7 Å². The number of hydrogen-bond donors (Lipinski definition) is 1. The first-order valence-corrected chi connectivity index (χ1v) is 6.51. The fraction of sp³-hybridized carbons (Fsp3) is 0.357. The predicted molar refractivity (Wildman–Crippen MR) is 75.6 cm³/mol. The molecule has 1 aromatic carbocycles. The number of esters is 1. The van der Waals surface area contributed by atoms with Crippen molar-refractivity contribution < 1.29 is 19.1 Å². The van der Waals surface area contributed by atoms with Gasteiger partial charge in [0.15, 0.2) is 6.10 Å². The summed E-state index contributed by atoms with van der Waals surface area (Å²) in [6.45, 7) is 2.86. The van der Waals surface area contributed by atoms with Crippen LogP contribution in [0.2, 0.25) is 5.02 Å². The monoisotopic (exact) mass is 297 g/mol. The molecule has 0 spiro atoms. The second kappa shape index (κ2) is 7.65. The number of rotatable bonds is 6. The molecule has 0 aliphatic heterocycles. The molecule has 0 aliphatic rings. The van der Waals surface area contributed by atoms with E-state index in [1.54, 1.807) is 24.3 Å². The first kappa shape index (κ1) is 16.2. The molecule has 1 atom stereocenters. The van der Waals surface area contributed by atoms with Crippen molar-refractivity contribution in [3.8, 4) is 0 Å². The van der Waals surface area contributed by atoms with Gasteiger partial charge in [0, 0.05) is 17.1 Å². The van der Waals surface area contributed by atoms with Crippen LogP contribution < -0.4 is 5.32 Å². The fourth-order valence-corrected chi connectivity index (χ4v) is 1.59. The Morgan fingerprint density at radius 2 is 2.00 bits per heavy atom. The van der Waals surface area contributed by atoms with Gasteiger partial charge in [-0.15, -0.1) is 0 Å². The van der Waals surface area contributed by atoms with Crippen LogP contribution in [0.15, 0.2) is 24.3 Å². The number of anilines is 1. The first-order chi connectivity index (χ1) is 9.38. The number of ether oxygens (including phenoxy) is 1. The molecule has 6 heteroatoms. The molecule has 0 saturated carbocycles. The molecule has 1 aromatic rings. The molecular weight excluding hydrogens is 282 g/mol. The highest BCUT2D eigenvalue weighted by Crippen LogP contribution is 2.15. The molecule has 1 rings (SSSR count). The van der Waals surface area contributed by atoms with Crippen molar-refractivity contribution in [3.05, 3.63) is 29.3 Å². The van der Waals surface area contributed by atoms with Crippen LogP contribution in [0.4, 0.5) is 5.69 Å². The molecule has 0 bridgehead atoms. The molecule has 1 N–H and O–H groups in total. The molecule has 0 saturated heterocycles. The van der Waals surface area contributed by atoms with E-state index in [1.165, 1.54) is 13.8 Å². The summed E-state index contributed by atoms with van der Waals surface area (Å²) in [6, 6.07) is 6.64. The first-order valence-electron chi connectivity index (χ1n) is 6.14. The average Bonchev–Trinajstić information content (AvgIpc) is 2.36. The number of benzene rings is 1. The molecular formula is C14H16ClNO4. The molecule has 0 aliphatic carbocycles. The quantitative estimate of drug-likeness (QED) is 0.819. The van der Waals surface area contributed by atoms with Crippen LogP contribution in [-0.2, 0) is 19.1 Å². The summed E-state index contributed by atoms with van der Waals surface area (Å²) in [5.41, 5.74) is 0.522. The van der Waals surface area contributed by atoms with Gasteiger partial charge in [0.05, 0.1) is 6.42 Å². The number of halogens is 1. The number of ketones is 1. The minimum atomic E-state index is -0.937. The van der Waals surface area contributed by atoms with Crippen LogP contribution in [0.25, 0.3) is 0 Å². The maximum Gasteiger partial charge on any atom is 0.307 e. The van der Waals surface area contributed by atoms with Crippen LogP contribution >= 0.6 is 11.6 Å². The van der Waals surface area contributed by atoms with Crippen molar-refractivity contribution in [2.45, 2.75) is 32.8 Å². The molecule has 5 nitrogen and oxygen atoms in total. The molecule has 20 heavy (non-hydrogen) atoms. The SMILES string of the molecule is CC(=O)CCC(=O)O[C@@H](C)C(=O)Nc1cccc(Cl)c1. The molecule has 108 valence electrons. The average molecular weight is 298 g/mol. The third-order valence-electron chi connectivity index (χ3n) is 2.45. The van der Waals surface area contributed by atoms with Crippen LogP contribution in [0.5, 0.6) is 0 Å². The van der Waals surface area contributed by atoms with Gasteiger partial charge in [-0.3, -0.25) is 9.59 Å². The standard InChI is InChI=1S/C14H16ClNO4/c1-9(17)6-7-13(18)20-10(2)14(19)16-12-5-3-4-11(15)8-12/h3-5,8,10H,6-7H2,1-2H3,(H,16,19)/t10-/m0/s1. The lowest BCUT2D eigenvalue weighted by molar-refractivity contribution is -0.153. The van der Waals surface area contributed by atoms with Gasteiger partial charge in [0.25, 0.3) is 5.91 Å². The molecule has 0 fully saturated rings. The summed E-state index contributed by atoms with van der Waals surface area (Å²) in [6.07, 6.45) is -0.848. The molecule has 0 heterocycles. The highest BCUT2D eigenvalue weighted by molar-refractivity contribution is 6.30. The molecule has 0 radical (unpaired) electrons. The highest BCUT2D eigenvalue weighted by Gasteiger charge is 2.18. The summed E-state index contributed by atoms with van der Waals surface area (Å²) in [4.78, 5) is 33.9. The van der Waals surface area contributed by atoms with Crippen molar-refractivity contribution in [1.82, 2.24) is 0 Å². The Morgan fingerprint density at radius 1 is 1.30 bits per heavy atom. The van der Waals surface area contributed by atoms with Crippen molar-refractivity contribution >= 4 is 34.9 Å².